The highest BCUT2D eigenvalue weighted by Gasteiger charge is 2.31. The fraction of sp³-hybridized carbons (Fsp3) is 0.800. The molecule has 2 amide bonds. The van der Waals surface area contributed by atoms with Crippen molar-refractivity contribution in [3.8, 4) is 0 Å². The smallest absolute Gasteiger partial charge is 0.253 e. The molecule has 2 rings (SSSR count). The van der Waals surface area contributed by atoms with Crippen LogP contribution in [0.5, 0.6) is 0 Å². The monoisotopic (exact) mass is 228 g/mol. The Hall–Kier alpha value is -0.980. The Labute approximate surface area is 94.0 Å². The van der Waals surface area contributed by atoms with Gasteiger partial charge < -0.3 is 9.64 Å². The van der Waals surface area contributed by atoms with Crippen molar-refractivity contribution in [2.24, 2.45) is 0 Å². The number of morpholine rings is 1. The van der Waals surface area contributed by atoms with Crippen LogP contribution in [-0.4, -0.2) is 61.2 Å². The third-order valence-corrected chi connectivity index (χ3v) is 2.74. The van der Waals surface area contributed by atoms with Crippen LogP contribution >= 0.6 is 0 Å². The molecule has 0 saturated carbocycles. The highest BCUT2D eigenvalue weighted by Crippen LogP contribution is 2.13. The first-order valence-corrected chi connectivity index (χ1v) is 5.45. The molecule has 1 atom stereocenters. The molecule has 0 aromatic carbocycles. The number of hydrogen-bond donors (Lipinski definition) is 0. The van der Waals surface area contributed by atoms with Crippen LogP contribution in [0, 0.1) is 0 Å². The molecule has 16 heavy (non-hydrogen) atoms. The number of ether oxygens (including phenoxy) is 1. The van der Waals surface area contributed by atoms with E-state index in [2.05, 4.69) is 4.90 Å². The number of nitrogens with zero attached hydrogens (tertiary/aromatic N) is 2. The number of hydroxylamine groups is 2. The van der Waals surface area contributed by atoms with E-state index in [4.69, 9.17) is 9.57 Å². The van der Waals surface area contributed by atoms with E-state index in [1.165, 1.54) is 0 Å². The summed E-state index contributed by atoms with van der Waals surface area (Å²) in [6, 6.07) is 0. The second-order valence-corrected chi connectivity index (χ2v) is 4.13. The van der Waals surface area contributed by atoms with Crippen LogP contribution in [0.1, 0.15) is 12.8 Å². The molecule has 2 saturated heterocycles. The Balaban J connectivity index is 1.78. The number of likely N-dealkylation sites (N-methyl/N-ethyl adjacent to an activating group) is 1. The minimum atomic E-state index is -0.255. The van der Waals surface area contributed by atoms with Gasteiger partial charge in [0.25, 0.3) is 11.8 Å². The second-order valence-electron chi connectivity index (χ2n) is 4.13. The van der Waals surface area contributed by atoms with E-state index in [1.54, 1.807) is 0 Å². The molecule has 6 nitrogen and oxygen atoms in total. The summed E-state index contributed by atoms with van der Waals surface area (Å²) in [6.07, 6.45) is 0.439. The van der Waals surface area contributed by atoms with Crippen molar-refractivity contribution in [2.45, 2.75) is 18.9 Å². The summed E-state index contributed by atoms with van der Waals surface area (Å²) < 4.78 is 5.46. The summed E-state index contributed by atoms with van der Waals surface area (Å²) in [7, 11) is 2.00. The van der Waals surface area contributed by atoms with Gasteiger partial charge >= 0.3 is 0 Å². The van der Waals surface area contributed by atoms with E-state index >= 15 is 0 Å². The summed E-state index contributed by atoms with van der Waals surface area (Å²) in [6.45, 7) is 2.57. The molecule has 0 spiro atoms. The fourth-order valence-corrected chi connectivity index (χ4v) is 1.83. The zero-order chi connectivity index (χ0) is 11.5. The van der Waals surface area contributed by atoms with Gasteiger partial charge in [-0.25, -0.2) is 0 Å². The van der Waals surface area contributed by atoms with Crippen LogP contribution in [-0.2, 0) is 19.2 Å². The van der Waals surface area contributed by atoms with Crippen LogP contribution in [0.3, 0.4) is 0 Å². The van der Waals surface area contributed by atoms with E-state index < -0.39 is 0 Å². The van der Waals surface area contributed by atoms with Crippen molar-refractivity contribution < 1.29 is 19.2 Å². The summed E-state index contributed by atoms with van der Waals surface area (Å²) in [5, 5.41) is 0.873. The lowest BCUT2D eigenvalue weighted by Crippen LogP contribution is -2.44. The standard InChI is InChI=1S/C10H16N2O4/c1-11-4-5-15-8(6-11)7-16-12-9(13)2-3-10(12)14/h8H,2-7H2,1H3. The van der Waals surface area contributed by atoms with Gasteiger partial charge in [0.1, 0.15) is 6.61 Å². The van der Waals surface area contributed by atoms with Gasteiger partial charge in [-0.05, 0) is 7.05 Å². The van der Waals surface area contributed by atoms with Gasteiger partial charge in [-0.15, -0.1) is 0 Å². The topological polar surface area (TPSA) is 59.1 Å². The van der Waals surface area contributed by atoms with E-state index in [1.807, 2.05) is 7.05 Å². The summed E-state index contributed by atoms with van der Waals surface area (Å²) in [4.78, 5) is 29.8. The van der Waals surface area contributed by atoms with Crippen molar-refractivity contribution in [1.29, 1.82) is 0 Å². The molecule has 0 radical (unpaired) electrons. The van der Waals surface area contributed by atoms with Gasteiger partial charge in [0.2, 0.25) is 0 Å². The maximum Gasteiger partial charge on any atom is 0.253 e. The lowest BCUT2D eigenvalue weighted by Gasteiger charge is -2.30. The fourth-order valence-electron chi connectivity index (χ4n) is 1.83. The Morgan fingerprint density at radius 3 is 2.69 bits per heavy atom. The molecule has 0 aliphatic carbocycles. The van der Waals surface area contributed by atoms with Crippen LogP contribution < -0.4 is 0 Å². The highest BCUT2D eigenvalue weighted by atomic mass is 16.7. The van der Waals surface area contributed by atoms with Gasteiger partial charge in [-0.3, -0.25) is 14.4 Å². The van der Waals surface area contributed by atoms with Crippen LogP contribution in [0.15, 0.2) is 0 Å². The van der Waals surface area contributed by atoms with Gasteiger partial charge in [0.05, 0.1) is 12.7 Å². The number of carbonyl (C=O) groups excluding carboxylic acids is 2. The summed E-state index contributed by atoms with van der Waals surface area (Å²) in [5.41, 5.74) is 0. The van der Waals surface area contributed by atoms with Gasteiger partial charge in [-0.2, -0.15) is 5.06 Å². The lowest BCUT2D eigenvalue weighted by molar-refractivity contribution is -0.199. The maximum absolute atomic E-state index is 11.3. The molecule has 2 heterocycles. The van der Waals surface area contributed by atoms with Crippen molar-refractivity contribution >= 4 is 11.8 Å². The molecule has 0 N–H and O–H groups in total. The largest absolute Gasteiger partial charge is 0.373 e. The number of amides is 2. The Kier molecular flexibility index (Phi) is 3.52. The molecule has 2 aliphatic rings. The maximum atomic E-state index is 11.3. The van der Waals surface area contributed by atoms with Crippen molar-refractivity contribution in [3.05, 3.63) is 0 Å². The minimum absolute atomic E-state index is 0.0695. The molecular weight excluding hydrogens is 212 g/mol. The summed E-state index contributed by atoms with van der Waals surface area (Å²) in [5.74, 6) is -0.511. The molecule has 90 valence electrons. The Morgan fingerprint density at radius 2 is 2.06 bits per heavy atom. The normalized spacial score (nSPS) is 27.8. The minimum Gasteiger partial charge on any atom is -0.373 e. The number of carbonyl (C=O) groups is 2. The molecule has 2 fully saturated rings. The molecular formula is C10H16N2O4. The van der Waals surface area contributed by atoms with E-state index in [0.29, 0.717) is 6.61 Å². The van der Waals surface area contributed by atoms with Crippen molar-refractivity contribution in [1.82, 2.24) is 9.96 Å². The first-order chi connectivity index (χ1) is 7.66. The number of hydrogen-bond acceptors (Lipinski definition) is 5. The Morgan fingerprint density at radius 1 is 1.38 bits per heavy atom. The van der Waals surface area contributed by atoms with E-state index in [9.17, 15) is 9.59 Å². The summed E-state index contributed by atoms with van der Waals surface area (Å²) >= 11 is 0. The van der Waals surface area contributed by atoms with Crippen LogP contribution in [0.2, 0.25) is 0 Å². The van der Waals surface area contributed by atoms with Crippen LogP contribution in [0.4, 0.5) is 0 Å². The highest BCUT2D eigenvalue weighted by molar-refractivity contribution is 6.00. The molecule has 0 bridgehead atoms. The Bertz CT molecular complexity index is 279. The van der Waals surface area contributed by atoms with Crippen molar-refractivity contribution in [3.63, 3.8) is 0 Å². The molecule has 2 aliphatic heterocycles. The molecule has 1 unspecified atom stereocenters. The first-order valence-electron chi connectivity index (χ1n) is 5.45. The lowest BCUT2D eigenvalue weighted by atomic mass is 10.3. The van der Waals surface area contributed by atoms with E-state index in [0.717, 1.165) is 18.2 Å². The van der Waals surface area contributed by atoms with Crippen molar-refractivity contribution in [2.75, 3.05) is 33.4 Å². The van der Waals surface area contributed by atoms with Gasteiger partial charge in [-0.1, -0.05) is 0 Å². The zero-order valence-corrected chi connectivity index (χ0v) is 9.35. The average Bonchev–Trinajstić information content (AvgIpc) is 2.56. The second kappa shape index (κ2) is 4.90. The third-order valence-electron chi connectivity index (χ3n) is 2.74. The predicted octanol–water partition coefficient (Wildman–Crippen LogP) is -0.602. The molecule has 0 aromatic heterocycles. The predicted molar refractivity (Wildman–Crippen MR) is 54.3 cm³/mol. The molecule has 0 aromatic rings. The quantitative estimate of drug-likeness (QED) is 0.604. The first kappa shape index (κ1) is 11.5. The zero-order valence-electron chi connectivity index (χ0n) is 9.35. The van der Waals surface area contributed by atoms with Gasteiger partial charge in [0, 0.05) is 25.9 Å². The number of rotatable bonds is 3. The SMILES string of the molecule is CN1CCOC(CON2C(=O)CCC2=O)C1. The average molecular weight is 228 g/mol. The van der Waals surface area contributed by atoms with E-state index in [-0.39, 0.29) is 37.4 Å². The van der Waals surface area contributed by atoms with Gasteiger partial charge in [0.15, 0.2) is 0 Å². The number of imide groups is 1. The van der Waals surface area contributed by atoms with Crippen LogP contribution in [0.25, 0.3) is 0 Å². The molecule has 6 heteroatoms. The third kappa shape index (κ3) is 2.58.